The molecule has 0 aromatic heterocycles. The van der Waals surface area contributed by atoms with E-state index in [0.717, 1.165) is 30.3 Å². The van der Waals surface area contributed by atoms with Crippen molar-refractivity contribution in [3.8, 4) is 0 Å². The Kier molecular flexibility index (Phi) is 4.92. The van der Waals surface area contributed by atoms with Crippen LogP contribution in [0.3, 0.4) is 0 Å². The summed E-state index contributed by atoms with van der Waals surface area (Å²) in [7, 11) is -4.68. The highest BCUT2D eigenvalue weighted by Gasteiger charge is 2.26. The minimum Gasteiger partial charge on any atom is -0.478 e. The van der Waals surface area contributed by atoms with Crippen LogP contribution in [0, 0.1) is 0 Å². The number of nitrogens with one attached hydrogen (secondary N) is 1. The molecule has 0 spiro atoms. The summed E-state index contributed by atoms with van der Waals surface area (Å²) in [5.74, 6) is -5.59. The van der Waals surface area contributed by atoms with Gasteiger partial charge in [-0.1, -0.05) is 0 Å². The molecular formula is C11H9F2NO5S. The molecule has 2 N–H and O–H groups in total. The number of carboxylic acids is 1. The molecule has 0 bridgehead atoms. The standard InChI is InChI=1S/C11H9F2NO5S/c12-11(13)20(18,19)8-3-1-7(2-4-8)14-9(15)5-6-10(16)17/h1-6,11H,(H,14,15)(H,16,17)/b6-5+. The smallest absolute Gasteiger partial charge is 0.341 e. The minimum absolute atomic E-state index is 0.137. The molecule has 1 aromatic carbocycles. The number of carbonyl (C=O) groups is 2. The quantitative estimate of drug-likeness (QED) is 0.798. The van der Waals surface area contributed by atoms with Crippen LogP contribution in [0.4, 0.5) is 14.5 Å². The maximum absolute atomic E-state index is 12.3. The number of alkyl halides is 2. The maximum Gasteiger partial charge on any atom is 0.341 e. The predicted molar refractivity (Wildman–Crippen MR) is 65.0 cm³/mol. The lowest BCUT2D eigenvalue weighted by Crippen LogP contribution is -2.12. The van der Waals surface area contributed by atoms with E-state index in [4.69, 9.17) is 5.11 Å². The first-order chi connectivity index (χ1) is 9.23. The zero-order chi connectivity index (χ0) is 15.3. The van der Waals surface area contributed by atoms with Gasteiger partial charge in [0.25, 0.3) is 0 Å². The molecule has 6 nitrogen and oxygen atoms in total. The lowest BCUT2D eigenvalue weighted by atomic mass is 10.3. The summed E-state index contributed by atoms with van der Waals surface area (Å²) in [6.45, 7) is 0. The summed E-state index contributed by atoms with van der Waals surface area (Å²) in [6, 6.07) is 4.06. The highest BCUT2D eigenvalue weighted by atomic mass is 32.2. The molecule has 1 rings (SSSR count). The summed E-state index contributed by atoms with van der Waals surface area (Å²) in [4.78, 5) is 20.8. The Morgan fingerprint density at radius 1 is 1.15 bits per heavy atom. The van der Waals surface area contributed by atoms with Gasteiger partial charge in [-0.2, -0.15) is 8.78 Å². The maximum atomic E-state index is 12.3. The second-order valence-electron chi connectivity index (χ2n) is 3.49. The molecule has 0 fully saturated rings. The van der Waals surface area contributed by atoms with Gasteiger partial charge < -0.3 is 10.4 Å². The molecule has 108 valence electrons. The van der Waals surface area contributed by atoms with Gasteiger partial charge in [0.05, 0.1) is 4.90 Å². The summed E-state index contributed by atoms with van der Waals surface area (Å²) >= 11 is 0. The third kappa shape index (κ3) is 4.12. The zero-order valence-corrected chi connectivity index (χ0v) is 10.6. The fourth-order valence-corrected chi connectivity index (χ4v) is 1.88. The first-order valence-electron chi connectivity index (χ1n) is 5.07. The van der Waals surface area contributed by atoms with Gasteiger partial charge in [0.15, 0.2) is 0 Å². The van der Waals surface area contributed by atoms with Crippen LogP contribution in [0.15, 0.2) is 41.3 Å². The third-order valence-corrected chi connectivity index (χ3v) is 3.46. The lowest BCUT2D eigenvalue weighted by molar-refractivity contribution is -0.131. The molecule has 0 aliphatic heterocycles. The first-order valence-corrected chi connectivity index (χ1v) is 6.62. The topological polar surface area (TPSA) is 101 Å². The van der Waals surface area contributed by atoms with E-state index >= 15 is 0 Å². The highest BCUT2D eigenvalue weighted by Crippen LogP contribution is 2.20. The SMILES string of the molecule is O=C(O)/C=C/C(=O)Nc1ccc(S(=O)(=O)C(F)F)cc1. The number of anilines is 1. The number of hydrogen-bond donors (Lipinski definition) is 2. The van der Waals surface area contributed by atoms with Crippen LogP contribution in [-0.2, 0) is 19.4 Å². The molecule has 0 atom stereocenters. The largest absolute Gasteiger partial charge is 0.478 e. The Labute approximate surface area is 112 Å². The number of halogens is 2. The van der Waals surface area contributed by atoms with Gasteiger partial charge in [-0.05, 0) is 24.3 Å². The molecule has 9 heteroatoms. The van der Waals surface area contributed by atoms with Crippen LogP contribution < -0.4 is 5.32 Å². The van der Waals surface area contributed by atoms with Gasteiger partial charge in [-0.15, -0.1) is 0 Å². The van der Waals surface area contributed by atoms with Crippen molar-refractivity contribution < 1.29 is 31.9 Å². The number of sulfone groups is 1. The van der Waals surface area contributed by atoms with E-state index in [1.807, 2.05) is 0 Å². The summed E-state index contributed by atoms with van der Waals surface area (Å²) in [6.07, 6.45) is 1.37. The lowest BCUT2D eigenvalue weighted by Gasteiger charge is -2.05. The van der Waals surface area contributed by atoms with E-state index in [1.165, 1.54) is 0 Å². The van der Waals surface area contributed by atoms with Crippen LogP contribution in [0.25, 0.3) is 0 Å². The molecule has 0 heterocycles. The summed E-state index contributed by atoms with van der Waals surface area (Å²) < 4.78 is 46.8. The average molecular weight is 305 g/mol. The molecule has 0 radical (unpaired) electrons. The van der Waals surface area contributed by atoms with E-state index < -0.39 is 32.4 Å². The van der Waals surface area contributed by atoms with Gasteiger partial charge in [0.2, 0.25) is 15.7 Å². The normalized spacial score (nSPS) is 11.8. The molecular weight excluding hydrogens is 296 g/mol. The Morgan fingerprint density at radius 3 is 2.15 bits per heavy atom. The van der Waals surface area contributed by atoms with Crippen molar-refractivity contribution in [2.24, 2.45) is 0 Å². The molecule has 0 unspecified atom stereocenters. The second kappa shape index (κ2) is 6.24. The van der Waals surface area contributed by atoms with Crippen LogP contribution in [0.1, 0.15) is 0 Å². The highest BCUT2D eigenvalue weighted by molar-refractivity contribution is 7.91. The van der Waals surface area contributed by atoms with Crippen molar-refractivity contribution in [3.05, 3.63) is 36.4 Å². The Bertz CT molecular complexity index is 637. The van der Waals surface area contributed by atoms with Crippen molar-refractivity contribution in [3.63, 3.8) is 0 Å². The predicted octanol–water partition coefficient (Wildman–Crippen LogP) is 1.26. The fourth-order valence-electron chi connectivity index (χ4n) is 1.16. The van der Waals surface area contributed by atoms with Crippen LogP contribution in [-0.4, -0.2) is 31.2 Å². The van der Waals surface area contributed by atoms with E-state index in [2.05, 4.69) is 5.32 Å². The molecule has 0 aliphatic carbocycles. The number of aliphatic carboxylic acids is 1. The van der Waals surface area contributed by atoms with Gasteiger partial charge in [-0.3, -0.25) is 4.79 Å². The Hall–Kier alpha value is -2.29. The summed E-state index contributed by atoms with van der Waals surface area (Å²) in [5, 5.41) is 10.5. The minimum atomic E-state index is -4.68. The number of hydrogen-bond acceptors (Lipinski definition) is 4. The van der Waals surface area contributed by atoms with Gasteiger partial charge >= 0.3 is 11.7 Å². The van der Waals surface area contributed by atoms with E-state index in [9.17, 15) is 26.8 Å². The second-order valence-corrected chi connectivity index (χ2v) is 5.41. The molecule has 0 saturated heterocycles. The van der Waals surface area contributed by atoms with Crippen molar-refractivity contribution in [1.29, 1.82) is 0 Å². The van der Waals surface area contributed by atoms with Gasteiger partial charge in [0, 0.05) is 17.8 Å². The van der Waals surface area contributed by atoms with Crippen LogP contribution in [0.2, 0.25) is 0 Å². The molecule has 1 amide bonds. The number of carboxylic acid groups (broad SMARTS) is 1. The monoisotopic (exact) mass is 305 g/mol. The van der Waals surface area contributed by atoms with Gasteiger partial charge in [0.1, 0.15) is 0 Å². The zero-order valence-electron chi connectivity index (χ0n) is 9.79. The number of amides is 1. The fraction of sp³-hybridized carbons (Fsp3) is 0.0909. The third-order valence-electron chi connectivity index (χ3n) is 2.06. The first kappa shape index (κ1) is 15.8. The molecule has 20 heavy (non-hydrogen) atoms. The van der Waals surface area contributed by atoms with Crippen molar-refractivity contribution in [1.82, 2.24) is 0 Å². The Morgan fingerprint density at radius 2 is 1.70 bits per heavy atom. The van der Waals surface area contributed by atoms with Gasteiger partial charge in [-0.25, -0.2) is 13.2 Å². The van der Waals surface area contributed by atoms with Crippen molar-refractivity contribution in [2.75, 3.05) is 5.32 Å². The Balaban J connectivity index is 2.83. The average Bonchev–Trinajstić information content (AvgIpc) is 2.37. The van der Waals surface area contributed by atoms with E-state index in [0.29, 0.717) is 6.08 Å². The van der Waals surface area contributed by atoms with Crippen molar-refractivity contribution >= 4 is 27.4 Å². The van der Waals surface area contributed by atoms with E-state index in [-0.39, 0.29) is 5.69 Å². The molecule has 0 saturated carbocycles. The van der Waals surface area contributed by atoms with Crippen LogP contribution in [0.5, 0.6) is 0 Å². The van der Waals surface area contributed by atoms with Crippen molar-refractivity contribution in [2.45, 2.75) is 10.7 Å². The molecule has 0 aliphatic rings. The van der Waals surface area contributed by atoms with E-state index in [1.54, 1.807) is 0 Å². The molecule has 1 aromatic rings. The number of carbonyl (C=O) groups excluding carboxylic acids is 1. The summed E-state index contributed by atoms with van der Waals surface area (Å²) in [5.41, 5.74) is 0.137. The number of benzene rings is 1. The van der Waals surface area contributed by atoms with Crippen LogP contribution >= 0.6 is 0 Å². The number of rotatable bonds is 5.